The minimum absolute atomic E-state index is 0.175. The van der Waals surface area contributed by atoms with Gasteiger partial charge in [0.15, 0.2) is 0 Å². The van der Waals surface area contributed by atoms with E-state index in [1.807, 2.05) is 49.4 Å². The summed E-state index contributed by atoms with van der Waals surface area (Å²) in [5.74, 6) is 1.07. The molecule has 2 aliphatic heterocycles. The summed E-state index contributed by atoms with van der Waals surface area (Å²) in [6.07, 6.45) is -0.332. The Balaban J connectivity index is 1.57. The molecule has 0 spiro atoms. The van der Waals surface area contributed by atoms with Gasteiger partial charge < -0.3 is 9.47 Å². The van der Waals surface area contributed by atoms with Crippen molar-refractivity contribution in [3.8, 4) is 11.5 Å². The van der Waals surface area contributed by atoms with Gasteiger partial charge in [-0.3, -0.25) is 4.79 Å². The molecule has 0 unspecified atom stereocenters. The van der Waals surface area contributed by atoms with Crippen LogP contribution in [-0.2, 0) is 0 Å². The molecule has 2 aliphatic rings. The van der Waals surface area contributed by atoms with E-state index in [1.54, 1.807) is 30.3 Å². The molecule has 7 heteroatoms. The number of methoxy groups -OCH3 is 1. The number of ketones is 1. The molecular weight excluding hydrogens is 447 g/mol. The molecule has 0 saturated heterocycles. The Bertz CT molecular complexity index is 1220. The maximum Gasteiger partial charge on any atom is 0.251 e. The fraction of sp³-hybridized carbons (Fsp3) is 0.200. The Morgan fingerprint density at radius 2 is 1.81 bits per heavy atom. The van der Waals surface area contributed by atoms with E-state index in [1.165, 1.54) is 0 Å². The van der Waals surface area contributed by atoms with Gasteiger partial charge in [0, 0.05) is 22.6 Å². The molecule has 162 valence electrons. The highest BCUT2D eigenvalue weighted by molar-refractivity contribution is 6.35. The van der Waals surface area contributed by atoms with Crippen LogP contribution in [0.2, 0.25) is 10.0 Å². The molecule has 0 bridgehead atoms. The second-order valence-electron chi connectivity index (χ2n) is 7.88. The number of aryl methyl sites for hydroxylation is 1. The van der Waals surface area contributed by atoms with Crippen molar-refractivity contribution in [1.29, 1.82) is 0 Å². The van der Waals surface area contributed by atoms with Crippen LogP contribution < -0.4 is 9.47 Å². The zero-order valence-electron chi connectivity index (χ0n) is 17.5. The molecule has 0 saturated carbocycles. The number of nitrogens with zero attached hydrogens (tertiary/aromatic N) is 2. The number of carbonyl (C=O) groups excluding carboxylic acids is 1. The van der Waals surface area contributed by atoms with E-state index in [0.717, 1.165) is 28.2 Å². The van der Waals surface area contributed by atoms with Crippen molar-refractivity contribution in [3.63, 3.8) is 0 Å². The molecular formula is C25H20Cl2N2O3. The summed E-state index contributed by atoms with van der Waals surface area (Å²) in [5, 5.41) is 7.44. The molecule has 0 aliphatic carbocycles. The van der Waals surface area contributed by atoms with Gasteiger partial charge in [0.2, 0.25) is 5.78 Å². The van der Waals surface area contributed by atoms with Crippen LogP contribution in [0.3, 0.4) is 0 Å². The van der Waals surface area contributed by atoms with Crippen LogP contribution in [0.5, 0.6) is 11.5 Å². The van der Waals surface area contributed by atoms with E-state index < -0.39 is 6.23 Å². The lowest BCUT2D eigenvalue weighted by atomic mass is 9.95. The van der Waals surface area contributed by atoms with E-state index in [-0.39, 0.29) is 11.8 Å². The molecule has 5 nitrogen and oxygen atoms in total. The predicted molar refractivity (Wildman–Crippen MR) is 125 cm³/mol. The average molecular weight is 467 g/mol. The molecule has 0 aromatic heterocycles. The number of benzene rings is 3. The number of hydrogen-bond donors (Lipinski definition) is 0. The van der Waals surface area contributed by atoms with Crippen LogP contribution in [-0.4, -0.2) is 29.8 Å². The van der Waals surface area contributed by atoms with E-state index in [4.69, 9.17) is 37.8 Å². The Labute approximate surface area is 196 Å². The third-order valence-corrected chi connectivity index (χ3v) is 6.29. The topological polar surface area (TPSA) is 51.1 Å². The number of fused-ring (bicyclic) bond motifs is 3. The third-order valence-electron chi connectivity index (χ3n) is 5.79. The first-order valence-electron chi connectivity index (χ1n) is 10.2. The van der Waals surface area contributed by atoms with Crippen LogP contribution in [0.15, 0.2) is 65.8 Å². The Hall–Kier alpha value is -3.02. The highest BCUT2D eigenvalue weighted by atomic mass is 35.5. The van der Waals surface area contributed by atoms with Crippen LogP contribution in [0.1, 0.15) is 39.5 Å². The maximum absolute atomic E-state index is 13.4. The molecule has 2 atom stereocenters. The van der Waals surface area contributed by atoms with Gasteiger partial charge >= 0.3 is 0 Å². The van der Waals surface area contributed by atoms with Gasteiger partial charge in [-0.25, -0.2) is 5.01 Å². The molecule has 2 heterocycles. The Morgan fingerprint density at radius 3 is 2.50 bits per heavy atom. The van der Waals surface area contributed by atoms with E-state index in [9.17, 15) is 4.79 Å². The monoisotopic (exact) mass is 466 g/mol. The lowest BCUT2D eigenvalue weighted by molar-refractivity contribution is -0.00447. The first-order chi connectivity index (χ1) is 15.4. The molecule has 0 N–H and O–H groups in total. The smallest absolute Gasteiger partial charge is 0.251 e. The van der Waals surface area contributed by atoms with Gasteiger partial charge in [0.05, 0.1) is 23.9 Å². The number of ether oxygens (including phenoxy) is 2. The molecule has 5 rings (SSSR count). The second-order valence-corrected chi connectivity index (χ2v) is 8.73. The molecule has 0 fully saturated rings. The van der Waals surface area contributed by atoms with Crippen molar-refractivity contribution >= 4 is 34.7 Å². The van der Waals surface area contributed by atoms with Crippen molar-refractivity contribution in [3.05, 3.63) is 93.0 Å². The van der Waals surface area contributed by atoms with Crippen molar-refractivity contribution in [2.45, 2.75) is 25.6 Å². The summed E-state index contributed by atoms with van der Waals surface area (Å²) in [4.78, 5) is 13.4. The minimum Gasteiger partial charge on any atom is -0.497 e. The quantitative estimate of drug-likeness (QED) is 0.438. The molecule has 0 radical (unpaired) electrons. The Morgan fingerprint density at radius 1 is 1.09 bits per heavy atom. The van der Waals surface area contributed by atoms with Crippen molar-refractivity contribution < 1.29 is 14.3 Å². The van der Waals surface area contributed by atoms with E-state index in [2.05, 4.69) is 0 Å². The lowest BCUT2D eigenvalue weighted by Crippen LogP contribution is -2.46. The molecule has 32 heavy (non-hydrogen) atoms. The summed E-state index contributed by atoms with van der Waals surface area (Å²) in [6, 6.07) is 18.4. The van der Waals surface area contributed by atoms with Crippen LogP contribution in [0.4, 0.5) is 0 Å². The van der Waals surface area contributed by atoms with Gasteiger partial charge in [0.1, 0.15) is 11.5 Å². The SMILES string of the molecule is COc1ccc(C2=NN3[C@@H](C(=O)c4ccc(C)cc4)Oc4c(Cl)cc(Cl)cc4[C@H]3C2)cc1. The van der Waals surface area contributed by atoms with Gasteiger partial charge in [0.25, 0.3) is 6.23 Å². The van der Waals surface area contributed by atoms with Gasteiger partial charge in [-0.1, -0.05) is 53.0 Å². The summed E-state index contributed by atoms with van der Waals surface area (Å²) in [5.41, 5.74) is 4.26. The number of Topliss-reactive ketones (excluding diaryl/α,β-unsaturated/α-hetero) is 1. The number of hydrazone groups is 1. The molecule has 3 aromatic rings. The number of hydrogen-bond acceptors (Lipinski definition) is 5. The van der Waals surface area contributed by atoms with Crippen molar-refractivity contribution in [2.75, 3.05) is 7.11 Å². The van der Waals surface area contributed by atoms with Gasteiger partial charge in [-0.2, -0.15) is 5.10 Å². The van der Waals surface area contributed by atoms with Crippen molar-refractivity contribution in [2.24, 2.45) is 5.10 Å². The standard InChI is InChI=1S/C25H20Cl2N2O3/c1-14-3-5-16(6-4-14)23(30)25-29-22(19-11-17(26)12-20(27)24(19)32-25)13-21(28-29)15-7-9-18(31-2)10-8-15/h3-12,22,25H,13H2,1-2H3/t22-,25-/m1/s1. The zero-order chi connectivity index (χ0) is 22.4. The highest BCUT2D eigenvalue weighted by Crippen LogP contribution is 2.47. The van der Waals surface area contributed by atoms with E-state index >= 15 is 0 Å². The van der Waals surface area contributed by atoms with Crippen molar-refractivity contribution in [1.82, 2.24) is 5.01 Å². The number of rotatable bonds is 4. The number of carbonyl (C=O) groups is 1. The van der Waals surface area contributed by atoms with Gasteiger partial charge in [-0.05, 0) is 48.9 Å². The van der Waals surface area contributed by atoms with Crippen LogP contribution in [0, 0.1) is 6.92 Å². The van der Waals surface area contributed by atoms with Crippen LogP contribution >= 0.6 is 23.2 Å². The normalized spacial score (nSPS) is 19.0. The second kappa shape index (κ2) is 8.15. The summed E-state index contributed by atoms with van der Waals surface area (Å²) in [7, 11) is 1.63. The molecule has 3 aromatic carbocycles. The van der Waals surface area contributed by atoms with E-state index in [0.29, 0.717) is 27.8 Å². The third kappa shape index (κ3) is 3.61. The van der Waals surface area contributed by atoms with Crippen LogP contribution in [0.25, 0.3) is 0 Å². The summed E-state index contributed by atoms with van der Waals surface area (Å²) in [6.45, 7) is 1.98. The fourth-order valence-corrected chi connectivity index (χ4v) is 4.66. The Kier molecular flexibility index (Phi) is 5.31. The fourth-order valence-electron chi connectivity index (χ4n) is 4.11. The predicted octanol–water partition coefficient (Wildman–Crippen LogP) is 6.06. The minimum atomic E-state index is -0.926. The van der Waals surface area contributed by atoms with Gasteiger partial charge in [-0.15, -0.1) is 0 Å². The first-order valence-corrected chi connectivity index (χ1v) is 11.0. The summed E-state index contributed by atoms with van der Waals surface area (Å²) < 4.78 is 11.4. The highest BCUT2D eigenvalue weighted by Gasteiger charge is 2.44. The average Bonchev–Trinajstić information content (AvgIpc) is 3.25. The molecule has 0 amide bonds. The lowest BCUT2D eigenvalue weighted by Gasteiger charge is -2.37. The number of halogens is 2. The largest absolute Gasteiger partial charge is 0.497 e. The summed E-state index contributed by atoms with van der Waals surface area (Å²) >= 11 is 12.8. The zero-order valence-corrected chi connectivity index (χ0v) is 19.0. The maximum atomic E-state index is 13.4. The first kappa shape index (κ1) is 20.9.